The summed E-state index contributed by atoms with van der Waals surface area (Å²) in [6.45, 7) is 0. The molecule has 0 aromatic heterocycles. The summed E-state index contributed by atoms with van der Waals surface area (Å²) in [5, 5.41) is 0. The molecule has 14 heavy (non-hydrogen) atoms. The molecule has 0 saturated carbocycles. The maximum absolute atomic E-state index is 10.9. The number of nitrogen functional groups attached to an aromatic ring is 1. The second-order valence-corrected chi connectivity index (χ2v) is 4.90. The third kappa shape index (κ3) is 1.49. The summed E-state index contributed by atoms with van der Waals surface area (Å²) in [4.78, 5) is -0.101. The maximum atomic E-state index is 10.9. The normalized spacial score (nSPS) is 15.5. The largest absolute Gasteiger partial charge is 0.398 e. The van der Waals surface area contributed by atoms with Gasteiger partial charge in [-0.1, -0.05) is 0 Å². The molecule has 0 aliphatic heterocycles. The maximum Gasteiger partial charge on any atom is 0.294 e. The van der Waals surface area contributed by atoms with Crippen molar-refractivity contribution in [3.05, 3.63) is 23.3 Å². The van der Waals surface area contributed by atoms with E-state index in [9.17, 15) is 8.42 Å². The van der Waals surface area contributed by atoms with Crippen LogP contribution < -0.4 is 5.73 Å². The van der Waals surface area contributed by atoms with E-state index in [1.54, 1.807) is 0 Å². The zero-order chi connectivity index (χ0) is 10.3. The predicted molar refractivity (Wildman–Crippen MR) is 52.7 cm³/mol. The molecule has 0 unspecified atom stereocenters. The summed E-state index contributed by atoms with van der Waals surface area (Å²) in [7, 11) is -4.13. The van der Waals surface area contributed by atoms with Crippen molar-refractivity contribution >= 4 is 15.8 Å². The van der Waals surface area contributed by atoms with Gasteiger partial charge in [0.15, 0.2) is 0 Å². The lowest BCUT2D eigenvalue weighted by molar-refractivity contribution is 0.483. The van der Waals surface area contributed by atoms with Crippen molar-refractivity contribution in [3.8, 4) is 0 Å². The van der Waals surface area contributed by atoms with E-state index in [-0.39, 0.29) is 4.90 Å². The van der Waals surface area contributed by atoms with Gasteiger partial charge in [-0.05, 0) is 42.5 Å². The summed E-state index contributed by atoms with van der Waals surface area (Å²) >= 11 is 0. The molecule has 0 radical (unpaired) electrons. The second-order valence-electron chi connectivity index (χ2n) is 3.48. The molecule has 0 heterocycles. The summed E-state index contributed by atoms with van der Waals surface area (Å²) in [5.41, 5.74) is 8.13. The number of rotatable bonds is 1. The molecule has 4 nitrogen and oxygen atoms in total. The van der Waals surface area contributed by atoms with Crippen LogP contribution in [0.25, 0.3) is 0 Å². The first-order valence-corrected chi connectivity index (χ1v) is 5.81. The van der Waals surface area contributed by atoms with Gasteiger partial charge in [0.1, 0.15) is 0 Å². The Morgan fingerprint density at radius 3 is 2.64 bits per heavy atom. The monoisotopic (exact) mass is 213 g/mol. The Kier molecular flexibility index (Phi) is 2.01. The van der Waals surface area contributed by atoms with Gasteiger partial charge in [0.2, 0.25) is 0 Å². The second kappa shape index (κ2) is 2.96. The number of anilines is 1. The van der Waals surface area contributed by atoms with Crippen LogP contribution >= 0.6 is 0 Å². The fraction of sp³-hybridized carbons (Fsp3) is 0.333. The Morgan fingerprint density at radius 1 is 1.29 bits per heavy atom. The molecule has 0 bridgehead atoms. The highest BCUT2D eigenvalue weighted by molar-refractivity contribution is 7.85. The van der Waals surface area contributed by atoms with Gasteiger partial charge >= 0.3 is 0 Å². The molecule has 0 amide bonds. The quantitative estimate of drug-likeness (QED) is 0.538. The van der Waals surface area contributed by atoms with Crippen LogP contribution in [0.5, 0.6) is 0 Å². The van der Waals surface area contributed by atoms with Gasteiger partial charge in [0, 0.05) is 5.69 Å². The van der Waals surface area contributed by atoms with Crippen LogP contribution in [0.3, 0.4) is 0 Å². The topological polar surface area (TPSA) is 80.4 Å². The van der Waals surface area contributed by atoms with Gasteiger partial charge in [0.25, 0.3) is 10.1 Å². The van der Waals surface area contributed by atoms with Crippen LogP contribution in [0, 0.1) is 0 Å². The average molecular weight is 213 g/mol. The molecular formula is C9H11NO3S. The van der Waals surface area contributed by atoms with Crippen molar-refractivity contribution in [2.45, 2.75) is 24.2 Å². The summed E-state index contributed by atoms with van der Waals surface area (Å²) in [6.07, 6.45) is 2.73. The van der Waals surface area contributed by atoms with E-state index >= 15 is 0 Å². The van der Waals surface area contributed by atoms with Gasteiger partial charge < -0.3 is 5.73 Å². The molecule has 76 valence electrons. The number of fused-ring (bicyclic) bond motifs is 1. The molecule has 1 aromatic carbocycles. The lowest BCUT2D eigenvalue weighted by atomic mass is 10.1. The van der Waals surface area contributed by atoms with Crippen LogP contribution in [0.2, 0.25) is 0 Å². The van der Waals surface area contributed by atoms with Crippen molar-refractivity contribution < 1.29 is 13.0 Å². The Morgan fingerprint density at radius 2 is 2.00 bits per heavy atom. The Balaban J connectivity index is 2.64. The van der Waals surface area contributed by atoms with Crippen molar-refractivity contribution in [2.24, 2.45) is 0 Å². The van der Waals surface area contributed by atoms with Gasteiger partial charge in [-0.15, -0.1) is 0 Å². The number of hydrogen-bond acceptors (Lipinski definition) is 3. The summed E-state index contributed by atoms with van der Waals surface area (Å²) in [6, 6.07) is 2.83. The van der Waals surface area contributed by atoms with E-state index in [0.717, 1.165) is 30.4 Å². The minimum Gasteiger partial charge on any atom is -0.398 e. The van der Waals surface area contributed by atoms with Gasteiger partial charge in [-0.25, -0.2) is 0 Å². The summed E-state index contributed by atoms with van der Waals surface area (Å²) in [5.74, 6) is 0. The number of benzene rings is 1. The highest BCUT2D eigenvalue weighted by atomic mass is 32.2. The van der Waals surface area contributed by atoms with E-state index < -0.39 is 10.1 Å². The van der Waals surface area contributed by atoms with Crippen molar-refractivity contribution in [2.75, 3.05) is 5.73 Å². The summed E-state index contributed by atoms with van der Waals surface area (Å²) < 4.78 is 30.6. The standard InChI is InChI=1S/C9H11NO3S/c10-9-5-7(14(11,12)13)4-6-2-1-3-8(6)9/h4-5H,1-3,10H2,(H,11,12,13). The Hall–Kier alpha value is -1.07. The minimum atomic E-state index is -4.13. The third-order valence-electron chi connectivity index (χ3n) is 2.52. The van der Waals surface area contributed by atoms with Crippen LogP contribution in [0.15, 0.2) is 17.0 Å². The number of nitrogens with two attached hydrogens (primary N) is 1. The molecule has 1 aromatic rings. The van der Waals surface area contributed by atoms with E-state index in [1.807, 2.05) is 0 Å². The van der Waals surface area contributed by atoms with Crippen molar-refractivity contribution in [1.29, 1.82) is 0 Å². The zero-order valence-electron chi connectivity index (χ0n) is 7.53. The molecule has 0 fully saturated rings. The fourth-order valence-electron chi connectivity index (χ4n) is 1.86. The molecular weight excluding hydrogens is 202 g/mol. The van der Waals surface area contributed by atoms with Crippen LogP contribution in [-0.4, -0.2) is 13.0 Å². The zero-order valence-corrected chi connectivity index (χ0v) is 8.34. The number of aryl methyl sites for hydroxylation is 1. The first-order valence-electron chi connectivity index (χ1n) is 4.37. The van der Waals surface area contributed by atoms with Gasteiger partial charge in [-0.3, -0.25) is 4.55 Å². The Bertz CT molecular complexity index is 479. The SMILES string of the molecule is Nc1cc(S(=O)(=O)O)cc2c1CCC2. The van der Waals surface area contributed by atoms with Crippen molar-refractivity contribution in [1.82, 2.24) is 0 Å². The first-order chi connectivity index (χ1) is 6.48. The highest BCUT2D eigenvalue weighted by Crippen LogP contribution is 2.29. The molecule has 2 rings (SSSR count). The van der Waals surface area contributed by atoms with Gasteiger partial charge in [0.05, 0.1) is 4.90 Å². The number of hydrogen-bond donors (Lipinski definition) is 2. The molecule has 3 N–H and O–H groups in total. The van der Waals surface area contributed by atoms with E-state index in [2.05, 4.69) is 0 Å². The predicted octanol–water partition coefficient (Wildman–Crippen LogP) is 1.00. The highest BCUT2D eigenvalue weighted by Gasteiger charge is 2.18. The van der Waals surface area contributed by atoms with Gasteiger partial charge in [-0.2, -0.15) is 8.42 Å². The van der Waals surface area contributed by atoms with Crippen LogP contribution in [0.4, 0.5) is 5.69 Å². The molecule has 0 saturated heterocycles. The molecule has 0 atom stereocenters. The molecule has 0 spiro atoms. The first kappa shape index (κ1) is 9.48. The lowest BCUT2D eigenvalue weighted by Crippen LogP contribution is -2.02. The molecule has 5 heteroatoms. The fourth-order valence-corrected chi connectivity index (χ4v) is 2.43. The van der Waals surface area contributed by atoms with Crippen LogP contribution in [-0.2, 0) is 23.0 Å². The minimum absolute atomic E-state index is 0.101. The van der Waals surface area contributed by atoms with E-state index in [0.29, 0.717) is 5.69 Å². The van der Waals surface area contributed by atoms with E-state index in [4.69, 9.17) is 10.3 Å². The van der Waals surface area contributed by atoms with Crippen LogP contribution in [0.1, 0.15) is 17.5 Å². The van der Waals surface area contributed by atoms with E-state index in [1.165, 1.54) is 12.1 Å². The molecule has 1 aliphatic carbocycles. The smallest absolute Gasteiger partial charge is 0.294 e. The average Bonchev–Trinajstić information content (AvgIpc) is 2.50. The molecule has 1 aliphatic rings. The Labute approximate surface area is 82.5 Å². The van der Waals surface area contributed by atoms with Crippen molar-refractivity contribution in [3.63, 3.8) is 0 Å². The third-order valence-corrected chi connectivity index (χ3v) is 3.35. The lowest BCUT2D eigenvalue weighted by Gasteiger charge is -2.05.